The Morgan fingerprint density at radius 2 is 0.789 bits per heavy atom. The molecule has 12 aromatic rings. The van der Waals surface area contributed by atoms with E-state index < -0.39 is 0 Å². The average molecular weight is 2030 g/mol. The molecule has 6 aromatic heterocycles. The molecule has 6 aromatic carbocycles. The Morgan fingerprint density at radius 3 is 1.18 bits per heavy atom. The number of hydrogen-bond donors (Lipinski definition) is 0. The largest absolute Gasteiger partial charge is 0.487 e. The van der Waals surface area contributed by atoms with E-state index >= 15 is 0 Å². The molecule has 2 aliphatic carbocycles. The summed E-state index contributed by atoms with van der Waals surface area (Å²) in [5.74, 6) is 4.44. The quantitative estimate of drug-likeness (QED) is 0.0574. The van der Waals surface area contributed by atoms with Crippen molar-refractivity contribution in [2.75, 3.05) is 33.7 Å². The molecule has 22 heteroatoms. The molecule has 2 radical (unpaired) electrons. The number of unbranched alkanes of at least 4 members (excludes halogenated alkanes) is 2. The Hall–Kier alpha value is -13.5. The Morgan fingerprint density at radius 1 is 0.414 bits per heavy atom. The fraction of sp³-hybridized carbons (Fsp3) is 0.302. The van der Waals surface area contributed by atoms with Crippen LogP contribution in [0, 0.1) is 135 Å². The van der Waals surface area contributed by atoms with E-state index in [1.807, 2.05) is 122 Å². The summed E-state index contributed by atoms with van der Waals surface area (Å²) < 4.78 is 0. The fourth-order valence-electron chi connectivity index (χ4n) is 15.9. The maximum Gasteiger partial charge on any atom is 0.236 e. The number of aryl methyl sites for hydroxylation is 6. The topological polar surface area (TPSA) is 229 Å². The van der Waals surface area contributed by atoms with Crippen LogP contribution in [0.1, 0.15) is 222 Å². The molecule has 0 atom stereocenters. The van der Waals surface area contributed by atoms with Gasteiger partial charge in [-0.3, -0.25) is 0 Å². The Labute approximate surface area is 781 Å². The van der Waals surface area contributed by atoms with Crippen LogP contribution in [0.2, 0.25) is 0 Å². The standard InChI is InChI=1S/C42H38N6.C38H34N6.C14H14N4.C12H10N4.2Ir/c1-45-35-18-20-38(34(24-35)28-44)41-25-32(30-11-5-3-6-12-30)22-36(47-41)15-9-10-16-37-23-33(31-13-7-4-8-14-31)26-42(48-37)39-19-17-29(27-43)21-40(39)46-2;1-37(2,3)27-19-30(43-35(21-27)32-16-14-29(41-7)18-26(32)24-40)11-9-10-12-31-20-28(38(4,5)6)22-36(44-31)33-15-13-25(23-39)17-34(33)42-8;1-10-11(2)16-14-13(15-10)17(3)9-18(14)12-7-5-4-6-8-12;1-15-9-16(10-5-3-2-4-6-10)12-11(15)13-7-8-14-12;;/h17-18,21-26,30-31H,3-16H2;13-14,17-22H,9-12H2,1-6H3;4-7,9H,1-3H3;2-5,7-9H,1H3;;/q4*-2;;. The molecule has 16 rings (SSSR count). The monoisotopic (exact) mass is 2030 g/mol. The van der Waals surface area contributed by atoms with Crippen molar-refractivity contribution < 1.29 is 40.2 Å². The van der Waals surface area contributed by atoms with Crippen molar-refractivity contribution >= 4 is 57.4 Å². The number of nitrogens with zero attached hydrogens (tertiary/aromatic N) is 20. The predicted molar refractivity (Wildman–Crippen MR) is 494 cm³/mol. The van der Waals surface area contributed by atoms with Crippen molar-refractivity contribution in [2.24, 2.45) is 0 Å². The number of nitriles is 4. The van der Waals surface area contributed by atoms with Crippen molar-refractivity contribution in [3.05, 3.63) is 332 Å². The van der Waals surface area contributed by atoms with Crippen molar-refractivity contribution in [3.8, 4) is 69.3 Å². The molecule has 20 nitrogen and oxygen atoms in total. The number of pyridine rings is 4. The molecule has 4 aliphatic rings. The van der Waals surface area contributed by atoms with Gasteiger partial charge < -0.3 is 39.5 Å². The molecule has 2 saturated carbocycles. The van der Waals surface area contributed by atoms with Crippen molar-refractivity contribution in [3.63, 3.8) is 0 Å². The van der Waals surface area contributed by atoms with Crippen LogP contribution < -0.4 is 19.6 Å². The minimum absolute atomic E-state index is 0. The number of para-hydroxylation sites is 2. The second-order valence-corrected chi connectivity index (χ2v) is 34.0. The second-order valence-electron chi connectivity index (χ2n) is 34.0. The molecule has 0 spiro atoms. The van der Waals surface area contributed by atoms with Gasteiger partial charge in [0.05, 0.1) is 24.5 Å². The maximum absolute atomic E-state index is 9.88. The minimum Gasteiger partial charge on any atom is -0.487 e. The van der Waals surface area contributed by atoms with E-state index in [2.05, 4.69) is 178 Å². The summed E-state index contributed by atoms with van der Waals surface area (Å²) in [5, 5.41) is 38.3. The smallest absolute Gasteiger partial charge is 0.236 e. The van der Waals surface area contributed by atoms with Crippen molar-refractivity contribution in [2.45, 2.75) is 194 Å². The number of anilines is 6. The van der Waals surface area contributed by atoms with E-state index in [9.17, 15) is 21.0 Å². The zero-order chi connectivity index (χ0) is 89.0. The van der Waals surface area contributed by atoms with Gasteiger partial charge in [0.25, 0.3) is 0 Å². The van der Waals surface area contributed by atoms with Gasteiger partial charge in [0, 0.05) is 99.7 Å². The third kappa shape index (κ3) is 23.6. The summed E-state index contributed by atoms with van der Waals surface area (Å²) in [5.41, 5.74) is 21.1. The molecule has 646 valence electrons. The molecule has 0 N–H and O–H groups in total. The summed E-state index contributed by atoms with van der Waals surface area (Å²) in [6.07, 6.45) is 22.4. The molecule has 0 amide bonds. The fourth-order valence-corrected chi connectivity index (χ4v) is 15.9. The van der Waals surface area contributed by atoms with Gasteiger partial charge in [0.2, 0.25) is 11.4 Å². The Bertz CT molecular complexity index is 6040. The van der Waals surface area contributed by atoms with E-state index in [4.69, 9.17) is 46.2 Å². The van der Waals surface area contributed by atoms with E-state index in [1.165, 1.54) is 75.3 Å². The average Bonchev–Trinajstić information content (AvgIpc) is 1.63. The summed E-state index contributed by atoms with van der Waals surface area (Å²) in [4.78, 5) is 60.0. The van der Waals surface area contributed by atoms with E-state index in [-0.39, 0.29) is 51.0 Å². The first-order valence-corrected chi connectivity index (χ1v) is 42.7. The van der Waals surface area contributed by atoms with Gasteiger partial charge in [-0.05, 0) is 220 Å². The van der Waals surface area contributed by atoms with Gasteiger partial charge >= 0.3 is 0 Å². The third-order valence-corrected chi connectivity index (χ3v) is 22.9. The second kappa shape index (κ2) is 44.1. The zero-order valence-corrected chi connectivity index (χ0v) is 78.4. The van der Waals surface area contributed by atoms with Gasteiger partial charge in [0.15, 0.2) is 11.4 Å². The summed E-state index contributed by atoms with van der Waals surface area (Å²) in [6, 6.07) is 73.5. The first-order chi connectivity index (χ1) is 61.0. The van der Waals surface area contributed by atoms with E-state index in [0.29, 0.717) is 90.5 Å². The Balaban J connectivity index is 0.000000180. The summed E-state index contributed by atoms with van der Waals surface area (Å²) >= 11 is 0. The van der Waals surface area contributed by atoms with Gasteiger partial charge in [-0.25, -0.2) is 50.7 Å². The van der Waals surface area contributed by atoms with Crippen LogP contribution in [0.4, 0.5) is 57.4 Å². The number of rotatable bonds is 18. The zero-order valence-electron chi connectivity index (χ0n) is 73.7. The first-order valence-electron chi connectivity index (χ1n) is 42.7. The molecule has 128 heavy (non-hydrogen) atoms. The molecule has 0 unspecified atom stereocenters. The number of fused-ring (bicyclic) bond motifs is 2. The van der Waals surface area contributed by atoms with Crippen LogP contribution in [0.3, 0.4) is 0 Å². The van der Waals surface area contributed by atoms with E-state index in [1.54, 1.807) is 60.9 Å². The van der Waals surface area contributed by atoms with Gasteiger partial charge in [0.1, 0.15) is 36.4 Å². The molecule has 2 fully saturated rings. The summed E-state index contributed by atoms with van der Waals surface area (Å²) in [6.45, 7) is 50.9. The normalized spacial score (nSPS) is 13.3. The molecule has 8 heterocycles. The number of hydrogen-bond acceptors (Lipinski definition) is 16. The van der Waals surface area contributed by atoms with Crippen molar-refractivity contribution in [1.82, 2.24) is 39.9 Å². The number of benzene rings is 6. The number of aromatic nitrogens is 8. The van der Waals surface area contributed by atoms with Crippen LogP contribution >= 0.6 is 0 Å². The van der Waals surface area contributed by atoms with E-state index in [0.717, 1.165) is 143 Å². The van der Waals surface area contributed by atoms with Crippen LogP contribution in [0.25, 0.3) is 64.4 Å². The third-order valence-electron chi connectivity index (χ3n) is 22.9. The van der Waals surface area contributed by atoms with Crippen LogP contribution in [-0.2, 0) is 76.7 Å². The van der Waals surface area contributed by atoms with Crippen LogP contribution in [-0.4, -0.2) is 54.0 Å². The Kier molecular flexibility index (Phi) is 32.8. The maximum atomic E-state index is 9.88. The van der Waals surface area contributed by atoms with Crippen LogP contribution in [0.5, 0.6) is 0 Å². The summed E-state index contributed by atoms with van der Waals surface area (Å²) in [7, 11) is 3.93. The molecular formula is C106H96Ir2N20-8. The molecule has 0 saturated heterocycles. The molecule has 2 aliphatic heterocycles. The minimum atomic E-state index is -0.115. The first kappa shape index (κ1) is 95.2. The van der Waals surface area contributed by atoms with Crippen LogP contribution in [0.15, 0.2) is 158 Å². The molecule has 0 bridgehead atoms. The van der Waals surface area contributed by atoms with Gasteiger partial charge in [-0.15, -0.1) is 72.2 Å². The predicted octanol–water partition coefficient (Wildman–Crippen LogP) is 24.9. The SMILES string of the molecule is CN1[CH-]N(c2[c-]cccc2)c2nccnc21.Cc1nc2c(nc1C)N(c1[c-]cccc1)[CH-]N2C.[C-]#[N+]c1c[c-]c(-c2cc(C(C)(C)C)cc(CCCCc3cc(C(C)(C)C)cc(-c4[c-]cc(C#N)cc4[N+]#[C-])n3)n2)c(C#N)c1.[C-]#[N+]c1c[c-]c(-c2cc(C3CCCCC3)cc(CCCCc3cc(C4CCCCC4)cc(-c4[c-]cc(C#N)cc4[N+]#[C-])n3)n2)c(C#N)c1.[Ir].[Ir]. The molecular weight excluding hydrogens is 1940 g/mol. The van der Waals surface area contributed by atoms with Gasteiger partial charge in [-0.1, -0.05) is 151 Å². The van der Waals surface area contributed by atoms with Crippen molar-refractivity contribution in [1.29, 1.82) is 21.0 Å². The van der Waals surface area contributed by atoms with Gasteiger partial charge in [-0.2, -0.15) is 70.4 Å².